The van der Waals surface area contributed by atoms with Gasteiger partial charge in [-0.3, -0.25) is 4.57 Å². The fraction of sp³-hybridized carbons (Fsp3) is 0.476. The highest BCUT2D eigenvalue weighted by atomic mass is 79.9. The lowest BCUT2D eigenvalue weighted by molar-refractivity contribution is 0.144. The molecule has 0 radical (unpaired) electrons. The highest BCUT2D eigenvalue weighted by Gasteiger charge is 2.40. The lowest BCUT2D eigenvalue weighted by Gasteiger charge is -2.38. The van der Waals surface area contributed by atoms with Crippen LogP contribution in [0.2, 0.25) is 18.1 Å². The Balaban J connectivity index is 1.95. The van der Waals surface area contributed by atoms with Crippen molar-refractivity contribution in [3.05, 3.63) is 52.0 Å². The number of fused-ring (bicyclic) bond motifs is 1. The van der Waals surface area contributed by atoms with Crippen LogP contribution in [0.4, 0.5) is 9.18 Å². The summed E-state index contributed by atoms with van der Waals surface area (Å²) in [4.78, 5) is 14.8. The van der Waals surface area contributed by atoms with Gasteiger partial charge in [0.15, 0.2) is 8.32 Å². The van der Waals surface area contributed by atoms with Crippen molar-refractivity contribution in [2.45, 2.75) is 51.5 Å². The number of benzene rings is 1. The van der Waals surface area contributed by atoms with Crippen LogP contribution < -0.4 is 4.74 Å². The zero-order chi connectivity index (χ0) is 21.6. The van der Waals surface area contributed by atoms with E-state index in [4.69, 9.17) is 9.16 Å². The van der Waals surface area contributed by atoms with Crippen LogP contribution in [0.15, 0.2) is 34.9 Å². The molecule has 29 heavy (non-hydrogen) atoms. The molecular weight excluding hydrogens is 455 g/mol. The quantitative estimate of drug-likeness (QED) is 0.478. The van der Waals surface area contributed by atoms with Crippen LogP contribution >= 0.6 is 15.9 Å². The van der Waals surface area contributed by atoms with Gasteiger partial charge in [0, 0.05) is 22.4 Å². The first-order valence-electron chi connectivity index (χ1n) is 9.59. The second-order valence-electron chi connectivity index (χ2n) is 8.94. The summed E-state index contributed by atoms with van der Waals surface area (Å²) < 4.78 is 28.4. The van der Waals surface area contributed by atoms with E-state index in [9.17, 15) is 9.18 Å². The zero-order valence-corrected chi connectivity index (χ0v) is 20.3. The van der Waals surface area contributed by atoms with E-state index in [0.717, 1.165) is 10.2 Å². The molecule has 0 saturated heterocycles. The van der Waals surface area contributed by atoms with E-state index < -0.39 is 20.2 Å². The minimum absolute atomic E-state index is 0.0301. The second kappa shape index (κ2) is 7.89. The van der Waals surface area contributed by atoms with Crippen LogP contribution in [0.5, 0.6) is 5.75 Å². The summed E-state index contributed by atoms with van der Waals surface area (Å²) in [5.74, 6) is 0.0250. The lowest BCUT2D eigenvalue weighted by Crippen LogP contribution is -2.44. The fourth-order valence-corrected chi connectivity index (χ4v) is 4.64. The number of aromatic nitrogens is 1. The highest BCUT2D eigenvalue weighted by molar-refractivity contribution is 9.10. The normalized spacial score (nSPS) is 15.6. The molecule has 0 aliphatic carbocycles. The maximum Gasteiger partial charge on any atom is 0.329 e. The molecule has 0 N–H and O–H groups in total. The van der Waals surface area contributed by atoms with Crippen LogP contribution in [0.3, 0.4) is 0 Å². The van der Waals surface area contributed by atoms with Crippen LogP contribution in [0, 0.1) is 5.82 Å². The van der Waals surface area contributed by atoms with Crippen molar-refractivity contribution in [2.24, 2.45) is 0 Å². The largest absolute Gasteiger partial charge is 0.497 e. The van der Waals surface area contributed by atoms with Gasteiger partial charge in [-0.1, -0.05) is 20.8 Å². The average molecular weight is 483 g/mol. The first-order chi connectivity index (χ1) is 13.4. The molecule has 1 amide bonds. The SMILES string of the molecule is COc1cc(F)cc(C(CO[Si](C)(C)C(C)(C)C)N2Cc3cc(Br)cn3C2=O)c1. The molecule has 1 aromatic heterocycles. The predicted octanol–water partition coefficient (Wildman–Crippen LogP) is 5.95. The van der Waals surface area contributed by atoms with Gasteiger partial charge in [0.25, 0.3) is 0 Å². The third-order valence-electron chi connectivity index (χ3n) is 5.95. The molecule has 2 heterocycles. The summed E-state index contributed by atoms with van der Waals surface area (Å²) in [6.07, 6.45) is 1.76. The molecule has 3 rings (SSSR count). The molecule has 158 valence electrons. The van der Waals surface area contributed by atoms with Gasteiger partial charge in [-0.2, -0.15) is 0 Å². The molecule has 0 fully saturated rings. The van der Waals surface area contributed by atoms with Crippen molar-refractivity contribution in [2.75, 3.05) is 13.7 Å². The third-order valence-corrected chi connectivity index (χ3v) is 10.9. The number of nitrogens with zero attached hydrogens (tertiary/aromatic N) is 2. The molecule has 8 heteroatoms. The van der Waals surface area contributed by atoms with Crippen molar-refractivity contribution in [3.8, 4) is 5.75 Å². The van der Waals surface area contributed by atoms with Crippen molar-refractivity contribution in [1.82, 2.24) is 9.47 Å². The molecule has 5 nitrogen and oxygen atoms in total. The molecular formula is C21H28BrFN2O3Si. The van der Waals surface area contributed by atoms with Gasteiger partial charge in [0.1, 0.15) is 11.6 Å². The molecule has 0 saturated carbocycles. The van der Waals surface area contributed by atoms with E-state index in [-0.39, 0.29) is 11.1 Å². The van der Waals surface area contributed by atoms with Gasteiger partial charge in [-0.05, 0) is 57.8 Å². The van der Waals surface area contributed by atoms with Crippen LogP contribution in [-0.4, -0.2) is 37.5 Å². The Bertz CT molecular complexity index is 923. The van der Waals surface area contributed by atoms with Gasteiger partial charge < -0.3 is 14.1 Å². The standard InChI is InChI=1S/C21H28BrFN2O3Si/c1-21(2,3)29(5,6)28-13-19(14-7-16(23)10-18(8-14)27-4)25-12-17-9-15(22)11-24(17)20(25)26/h7-11,19H,12-13H2,1-6H3. The van der Waals surface area contributed by atoms with Gasteiger partial charge in [-0.25, -0.2) is 9.18 Å². The number of amides is 1. The topological polar surface area (TPSA) is 43.7 Å². The summed E-state index contributed by atoms with van der Waals surface area (Å²) in [5, 5.41) is 0.0301. The number of halogens is 2. The molecule has 0 spiro atoms. The Labute approximate surface area is 181 Å². The number of carbonyl (C=O) groups is 1. The number of hydrogen-bond donors (Lipinski definition) is 0. The Morgan fingerprint density at radius 1 is 1.24 bits per heavy atom. The van der Waals surface area contributed by atoms with Crippen molar-refractivity contribution in [1.29, 1.82) is 0 Å². The van der Waals surface area contributed by atoms with E-state index >= 15 is 0 Å². The Kier molecular flexibility index (Phi) is 6.00. The highest BCUT2D eigenvalue weighted by Crippen LogP contribution is 2.39. The Morgan fingerprint density at radius 2 is 1.93 bits per heavy atom. The summed E-state index contributed by atoms with van der Waals surface area (Å²) in [5.41, 5.74) is 1.56. The minimum Gasteiger partial charge on any atom is -0.497 e. The minimum atomic E-state index is -2.06. The van der Waals surface area contributed by atoms with Crippen molar-refractivity contribution in [3.63, 3.8) is 0 Å². The summed E-state index contributed by atoms with van der Waals surface area (Å²) >= 11 is 3.42. The number of hydrogen-bond acceptors (Lipinski definition) is 3. The number of ether oxygens (including phenoxy) is 1. The molecule has 2 aromatic rings. The molecule has 1 aliphatic rings. The number of carbonyl (C=O) groups excluding carboxylic acids is 1. The molecule has 1 aliphatic heterocycles. The van der Waals surface area contributed by atoms with E-state index in [1.165, 1.54) is 19.2 Å². The Hall–Kier alpha value is -1.64. The summed E-state index contributed by atoms with van der Waals surface area (Å²) in [6.45, 7) is 11.6. The molecule has 1 aromatic carbocycles. The second-order valence-corrected chi connectivity index (χ2v) is 14.7. The first kappa shape index (κ1) is 22.1. The summed E-state index contributed by atoms with van der Waals surface area (Å²) in [7, 11) is -0.555. The van der Waals surface area contributed by atoms with Crippen LogP contribution in [0.1, 0.15) is 38.1 Å². The molecule has 0 bridgehead atoms. The number of rotatable bonds is 6. The monoisotopic (exact) mass is 482 g/mol. The van der Waals surface area contributed by atoms with E-state index in [0.29, 0.717) is 24.5 Å². The van der Waals surface area contributed by atoms with E-state index in [1.54, 1.807) is 21.7 Å². The molecule has 1 unspecified atom stereocenters. The van der Waals surface area contributed by atoms with Crippen molar-refractivity contribution < 1.29 is 18.3 Å². The van der Waals surface area contributed by atoms with E-state index in [2.05, 4.69) is 49.8 Å². The lowest BCUT2D eigenvalue weighted by atomic mass is 10.1. The van der Waals surface area contributed by atoms with Gasteiger partial charge >= 0.3 is 6.03 Å². The van der Waals surface area contributed by atoms with Gasteiger partial charge in [-0.15, -0.1) is 0 Å². The predicted molar refractivity (Wildman–Crippen MR) is 117 cm³/mol. The first-order valence-corrected chi connectivity index (χ1v) is 13.3. The molecule has 1 atom stereocenters. The van der Waals surface area contributed by atoms with E-state index in [1.807, 2.05) is 6.07 Å². The smallest absolute Gasteiger partial charge is 0.329 e. The van der Waals surface area contributed by atoms with Gasteiger partial charge in [0.2, 0.25) is 0 Å². The maximum absolute atomic E-state index is 14.3. The van der Waals surface area contributed by atoms with Crippen LogP contribution in [0.25, 0.3) is 0 Å². The Morgan fingerprint density at radius 3 is 2.52 bits per heavy atom. The van der Waals surface area contributed by atoms with Crippen molar-refractivity contribution >= 4 is 30.3 Å². The number of methoxy groups -OCH3 is 1. The maximum atomic E-state index is 14.3. The average Bonchev–Trinajstić information content (AvgIpc) is 3.11. The zero-order valence-electron chi connectivity index (χ0n) is 17.8. The third kappa shape index (κ3) is 4.44. The van der Waals surface area contributed by atoms with Crippen LogP contribution in [-0.2, 0) is 11.0 Å². The fourth-order valence-electron chi connectivity index (χ4n) is 3.16. The summed E-state index contributed by atoms with van der Waals surface area (Å²) in [6, 6.07) is 5.94. The van der Waals surface area contributed by atoms with Gasteiger partial charge in [0.05, 0.1) is 26.3 Å².